The topological polar surface area (TPSA) is 46.0 Å². The number of hydrogen-bond acceptors (Lipinski definition) is 3. The lowest BCUT2D eigenvalue weighted by Crippen LogP contribution is -1.85. The fourth-order valence-corrected chi connectivity index (χ4v) is 1.77. The Bertz CT molecular complexity index is 786. The van der Waals surface area contributed by atoms with E-state index >= 15 is 0 Å². The molecule has 3 rings (SSSR count). The summed E-state index contributed by atoms with van der Waals surface area (Å²) in [6.07, 6.45) is 1.70. The Morgan fingerprint density at radius 1 is 0.842 bits per heavy atom. The van der Waals surface area contributed by atoms with Crippen molar-refractivity contribution in [1.82, 2.24) is 9.97 Å². The molecule has 1 N–H and O–H groups in total. The first kappa shape index (κ1) is 11.2. The van der Waals surface area contributed by atoms with Gasteiger partial charge in [0.2, 0.25) is 0 Å². The highest BCUT2D eigenvalue weighted by Crippen LogP contribution is 2.22. The molecule has 0 spiro atoms. The molecule has 3 aromatic rings. The predicted octanol–water partition coefficient (Wildman–Crippen LogP) is 2.74. The zero-order valence-electron chi connectivity index (χ0n) is 10.0. The molecule has 19 heavy (non-hydrogen) atoms. The van der Waals surface area contributed by atoms with Gasteiger partial charge in [0.25, 0.3) is 0 Å². The van der Waals surface area contributed by atoms with E-state index in [-0.39, 0.29) is 5.75 Å². The van der Waals surface area contributed by atoms with Gasteiger partial charge in [-0.15, -0.1) is 0 Å². The van der Waals surface area contributed by atoms with Gasteiger partial charge in [0.15, 0.2) is 0 Å². The zero-order valence-corrected chi connectivity index (χ0v) is 10.0. The molecule has 0 amide bonds. The molecular weight excluding hydrogens is 236 g/mol. The summed E-state index contributed by atoms with van der Waals surface area (Å²) in [5, 5.41) is 10.4. The number of phenolic OH excluding ortho intramolecular Hbond substituents is 1. The van der Waals surface area contributed by atoms with E-state index in [4.69, 9.17) is 0 Å². The molecule has 3 heteroatoms. The highest BCUT2D eigenvalue weighted by atomic mass is 16.3. The van der Waals surface area contributed by atoms with Crippen molar-refractivity contribution >= 4 is 10.9 Å². The fraction of sp³-hybridized carbons (Fsp3) is 0. The van der Waals surface area contributed by atoms with Gasteiger partial charge in [0, 0.05) is 11.6 Å². The van der Waals surface area contributed by atoms with E-state index in [9.17, 15) is 5.11 Å². The molecule has 0 saturated heterocycles. The maximum atomic E-state index is 9.68. The number of nitrogens with zero attached hydrogens (tertiary/aromatic N) is 2. The first-order valence-corrected chi connectivity index (χ1v) is 5.85. The lowest BCUT2D eigenvalue weighted by atomic mass is 10.2. The molecule has 0 aliphatic rings. The Morgan fingerprint density at radius 3 is 2.58 bits per heavy atom. The van der Waals surface area contributed by atoms with Crippen molar-refractivity contribution < 1.29 is 5.11 Å². The van der Waals surface area contributed by atoms with Crippen molar-refractivity contribution in [2.75, 3.05) is 0 Å². The Kier molecular flexibility index (Phi) is 2.83. The molecule has 0 aliphatic heterocycles. The van der Waals surface area contributed by atoms with Crippen molar-refractivity contribution in [2.24, 2.45) is 0 Å². The molecule has 2 aromatic heterocycles. The van der Waals surface area contributed by atoms with Crippen molar-refractivity contribution in [3.05, 3.63) is 66.1 Å². The second-order valence-electron chi connectivity index (χ2n) is 4.01. The molecule has 3 nitrogen and oxygen atoms in total. The molecule has 2 heterocycles. The molecule has 0 atom stereocenters. The van der Waals surface area contributed by atoms with Crippen molar-refractivity contribution in [3.63, 3.8) is 0 Å². The van der Waals surface area contributed by atoms with E-state index in [0.29, 0.717) is 11.4 Å². The third-order valence-electron chi connectivity index (χ3n) is 2.69. The van der Waals surface area contributed by atoms with Gasteiger partial charge in [-0.25, -0.2) is 9.97 Å². The van der Waals surface area contributed by atoms with Crippen LogP contribution in [-0.4, -0.2) is 15.1 Å². The zero-order chi connectivity index (χ0) is 13.1. The first-order valence-electron chi connectivity index (χ1n) is 5.85. The number of fused-ring (bicyclic) bond motifs is 1. The SMILES string of the molecule is Oc1cccc2nc(C#Cc3ccccn3)ccc12. The van der Waals surface area contributed by atoms with E-state index in [1.54, 1.807) is 24.4 Å². The number of phenols is 1. The number of hydrogen-bond donors (Lipinski definition) is 1. The molecule has 0 saturated carbocycles. The minimum absolute atomic E-state index is 0.231. The number of benzene rings is 1. The van der Waals surface area contributed by atoms with Gasteiger partial charge in [-0.1, -0.05) is 12.1 Å². The van der Waals surface area contributed by atoms with Crippen LogP contribution in [0.15, 0.2) is 54.7 Å². The maximum absolute atomic E-state index is 9.68. The number of pyridine rings is 2. The molecule has 90 valence electrons. The molecular formula is C16H10N2O. The van der Waals surface area contributed by atoms with Gasteiger partial charge < -0.3 is 5.11 Å². The minimum Gasteiger partial charge on any atom is -0.507 e. The summed E-state index contributed by atoms with van der Waals surface area (Å²) in [7, 11) is 0. The van der Waals surface area contributed by atoms with Gasteiger partial charge in [0.05, 0.1) is 5.52 Å². The second kappa shape index (κ2) is 4.79. The second-order valence-corrected chi connectivity index (χ2v) is 4.01. The van der Waals surface area contributed by atoms with Gasteiger partial charge in [-0.2, -0.15) is 0 Å². The van der Waals surface area contributed by atoms with E-state index < -0.39 is 0 Å². The van der Waals surface area contributed by atoms with Crippen LogP contribution in [0.2, 0.25) is 0 Å². The van der Waals surface area contributed by atoms with Gasteiger partial charge in [-0.05, 0) is 48.2 Å². The normalized spacial score (nSPS) is 9.89. The van der Waals surface area contributed by atoms with Crippen LogP contribution in [0.3, 0.4) is 0 Å². The summed E-state index contributed by atoms with van der Waals surface area (Å²) in [4.78, 5) is 8.52. The quantitative estimate of drug-likeness (QED) is 0.620. The van der Waals surface area contributed by atoms with Crippen LogP contribution >= 0.6 is 0 Å². The Balaban J connectivity index is 2.01. The summed E-state index contributed by atoms with van der Waals surface area (Å²) >= 11 is 0. The van der Waals surface area contributed by atoms with Crippen LogP contribution in [0.1, 0.15) is 11.4 Å². The highest BCUT2D eigenvalue weighted by Gasteiger charge is 2.00. The monoisotopic (exact) mass is 246 g/mol. The molecule has 1 aromatic carbocycles. The lowest BCUT2D eigenvalue weighted by molar-refractivity contribution is 0.481. The van der Waals surface area contributed by atoms with E-state index in [2.05, 4.69) is 21.8 Å². The van der Waals surface area contributed by atoms with Crippen LogP contribution in [-0.2, 0) is 0 Å². The van der Waals surface area contributed by atoms with Gasteiger partial charge in [-0.3, -0.25) is 0 Å². The van der Waals surface area contributed by atoms with Crippen LogP contribution in [0.4, 0.5) is 0 Å². The Hall–Kier alpha value is -2.86. The number of rotatable bonds is 0. The molecule has 0 bridgehead atoms. The summed E-state index contributed by atoms with van der Waals surface area (Å²) in [6, 6.07) is 14.5. The highest BCUT2D eigenvalue weighted by molar-refractivity contribution is 5.85. The Morgan fingerprint density at radius 2 is 1.74 bits per heavy atom. The maximum Gasteiger partial charge on any atom is 0.124 e. The first-order chi connectivity index (χ1) is 9.33. The average Bonchev–Trinajstić information content (AvgIpc) is 2.46. The van der Waals surface area contributed by atoms with Crippen LogP contribution < -0.4 is 0 Å². The van der Waals surface area contributed by atoms with E-state index in [1.807, 2.05) is 30.3 Å². The smallest absolute Gasteiger partial charge is 0.124 e. The standard InChI is InChI=1S/C16H10N2O/c19-16-6-3-5-15-14(16)10-9-13(18-15)8-7-12-4-1-2-11-17-12/h1-6,9-11,19H. The fourth-order valence-electron chi connectivity index (χ4n) is 1.77. The van der Waals surface area contributed by atoms with Crippen LogP contribution in [0, 0.1) is 11.8 Å². The molecule has 0 unspecified atom stereocenters. The van der Waals surface area contributed by atoms with Crippen molar-refractivity contribution in [1.29, 1.82) is 0 Å². The van der Waals surface area contributed by atoms with Crippen LogP contribution in [0.5, 0.6) is 5.75 Å². The summed E-state index contributed by atoms with van der Waals surface area (Å²) < 4.78 is 0. The number of aromatic hydroxyl groups is 1. The Labute approximate surface area is 110 Å². The predicted molar refractivity (Wildman–Crippen MR) is 73.6 cm³/mol. The van der Waals surface area contributed by atoms with E-state index in [1.165, 1.54) is 0 Å². The minimum atomic E-state index is 0.231. The van der Waals surface area contributed by atoms with Crippen molar-refractivity contribution in [2.45, 2.75) is 0 Å². The summed E-state index contributed by atoms with van der Waals surface area (Å²) in [5.74, 6) is 6.15. The molecule has 0 fully saturated rings. The third kappa shape index (κ3) is 2.38. The van der Waals surface area contributed by atoms with E-state index in [0.717, 1.165) is 10.9 Å². The molecule has 0 radical (unpaired) electrons. The third-order valence-corrected chi connectivity index (χ3v) is 2.69. The van der Waals surface area contributed by atoms with Gasteiger partial charge >= 0.3 is 0 Å². The lowest BCUT2D eigenvalue weighted by Gasteiger charge is -1.99. The molecule has 0 aliphatic carbocycles. The summed E-state index contributed by atoms with van der Waals surface area (Å²) in [5.41, 5.74) is 2.09. The van der Waals surface area contributed by atoms with Crippen molar-refractivity contribution in [3.8, 4) is 17.6 Å². The summed E-state index contributed by atoms with van der Waals surface area (Å²) in [6.45, 7) is 0. The van der Waals surface area contributed by atoms with Crippen LogP contribution in [0.25, 0.3) is 10.9 Å². The number of aromatic nitrogens is 2. The largest absolute Gasteiger partial charge is 0.507 e. The van der Waals surface area contributed by atoms with Gasteiger partial charge in [0.1, 0.15) is 17.1 Å². The average molecular weight is 246 g/mol.